The largest absolute Gasteiger partial charge is 0.462 e. The molecule has 2 saturated carbocycles. The number of hydrogen-bond acceptors (Lipinski definition) is 5. The van der Waals surface area contributed by atoms with Crippen molar-refractivity contribution in [2.45, 2.75) is 31.8 Å². The lowest BCUT2D eigenvalue weighted by Crippen LogP contribution is -2.24. The molecule has 2 aliphatic carbocycles. The van der Waals surface area contributed by atoms with Crippen molar-refractivity contribution in [1.82, 2.24) is 10.1 Å². The molecular weight excluding hydrogens is 280 g/mol. The molecule has 2 bridgehead atoms. The molecule has 0 radical (unpaired) electrons. The highest BCUT2D eigenvalue weighted by Crippen LogP contribution is 2.61. The van der Waals surface area contributed by atoms with Gasteiger partial charge in [-0.1, -0.05) is 35.0 Å². The number of ether oxygens (including phenoxy) is 1. The van der Waals surface area contributed by atoms with E-state index in [1.54, 1.807) is 0 Å². The van der Waals surface area contributed by atoms with Crippen molar-refractivity contribution in [3.8, 4) is 11.4 Å². The topological polar surface area (TPSA) is 65.2 Å². The fraction of sp³-hybridized carbons (Fsp3) is 0.471. The molecule has 2 heterocycles. The summed E-state index contributed by atoms with van der Waals surface area (Å²) in [4.78, 5) is 16.7. The molecule has 5 nitrogen and oxygen atoms in total. The number of carbonyl (C=O) groups excluding carboxylic acids is 1. The van der Waals surface area contributed by atoms with E-state index >= 15 is 0 Å². The molecule has 22 heavy (non-hydrogen) atoms. The summed E-state index contributed by atoms with van der Waals surface area (Å²) < 4.78 is 11.0. The zero-order valence-electron chi connectivity index (χ0n) is 12.2. The zero-order chi connectivity index (χ0) is 14.8. The molecule has 0 spiro atoms. The molecule has 2 aromatic rings. The highest BCUT2D eigenvalue weighted by Gasteiger charge is 2.63. The van der Waals surface area contributed by atoms with Crippen LogP contribution in [0.15, 0.2) is 28.8 Å². The number of carbonyl (C=O) groups is 1. The number of rotatable bonds is 2. The van der Waals surface area contributed by atoms with Crippen molar-refractivity contribution in [3.05, 3.63) is 35.7 Å². The van der Waals surface area contributed by atoms with Crippen molar-refractivity contribution in [2.24, 2.45) is 17.8 Å². The Morgan fingerprint density at radius 3 is 2.77 bits per heavy atom. The Labute approximate surface area is 127 Å². The fourth-order valence-electron chi connectivity index (χ4n) is 4.53. The van der Waals surface area contributed by atoms with Gasteiger partial charge in [0.25, 0.3) is 0 Å². The standard InChI is InChI=1S/C17H16N2O3/c1-8-2-4-9(5-3-8)15-18-16(22-19-15)13-10-6-11-12(7-10)21-17(20)14(11)13/h2-5,10-14H,6-7H2,1H3. The monoisotopic (exact) mass is 296 g/mol. The van der Waals surface area contributed by atoms with E-state index in [1.807, 2.05) is 31.2 Å². The Morgan fingerprint density at radius 2 is 1.95 bits per heavy atom. The van der Waals surface area contributed by atoms with Crippen LogP contribution in [0.4, 0.5) is 0 Å². The van der Waals surface area contributed by atoms with E-state index in [4.69, 9.17) is 9.26 Å². The third kappa shape index (κ3) is 1.56. The minimum atomic E-state index is -0.0740. The summed E-state index contributed by atoms with van der Waals surface area (Å²) in [5.74, 6) is 1.90. The van der Waals surface area contributed by atoms with Gasteiger partial charge in [0.05, 0.1) is 11.8 Å². The van der Waals surface area contributed by atoms with Crippen LogP contribution in [-0.2, 0) is 9.53 Å². The van der Waals surface area contributed by atoms with Crippen molar-refractivity contribution in [2.75, 3.05) is 0 Å². The van der Waals surface area contributed by atoms with Gasteiger partial charge in [0.15, 0.2) is 0 Å². The predicted molar refractivity (Wildman–Crippen MR) is 76.8 cm³/mol. The minimum absolute atomic E-state index is 0.0444. The first kappa shape index (κ1) is 12.4. The highest BCUT2D eigenvalue weighted by molar-refractivity contribution is 5.78. The summed E-state index contributed by atoms with van der Waals surface area (Å²) in [5.41, 5.74) is 2.14. The van der Waals surface area contributed by atoms with Gasteiger partial charge in [-0.25, -0.2) is 0 Å². The molecule has 112 valence electrons. The quantitative estimate of drug-likeness (QED) is 0.797. The van der Waals surface area contributed by atoms with E-state index in [1.165, 1.54) is 5.56 Å². The van der Waals surface area contributed by atoms with Gasteiger partial charge < -0.3 is 9.26 Å². The molecule has 1 aliphatic heterocycles. The van der Waals surface area contributed by atoms with E-state index < -0.39 is 0 Å². The maximum Gasteiger partial charge on any atom is 0.310 e. The average Bonchev–Trinajstić information content (AvgIpc) is 3.22. The number of esters is 1. The Hall–Kier alpha value is -2.17. The molecule has 3 aliphatic rings. The van der Waals surface area contributed by atoms with Gasteiger partial charge in [-0.05, 0) is 25.7 Å². The molecule has 5 atom stereocenters. The second-order valence-corrected chi connectivity index (χ2v) is 6.74. The number of nitrogens with zero attached hydrogens (tertiary/aromatic N) is 2. The summed E-state index contributed by atoms with van der Waals surface area (Å²) in [6, 6.07) is 8.04. The maximum atomic E-state index is 12.1. The van der Waals surface area contributed by atoms with Gasteiger partial charge >= 0.3 is 5.97 Å². The SMILES string of the molecule is Cc1ccc(-c2noc(C3C4CC5OC(=O)C3C5C4)n2)cc1. The number of fused-ring (bicyclic) bond motifs is 1. The number of benzene rings is 1. The Kier molecular flexibility index (Phi) is 2.35. The molecule has 5 unspecified atom stereocenters. The van der Waals surface area contributed by atoms with Gasteiger partial charge in [0.1, 0.15) is 6.10 Å². The zero-order valence-corrected chi connectivity index (χ0v) is 12.2. The molecular formula is C17H16N2O3. The molecule has 5 heteroatoms. The lowest BCUT2D eigenvalue weighted by Gasteiger charge is -2.20. The molecule has 1 saturated heterocycles. The van der Waals surface area contributed by atoms with Crippen molar-refractivity contribution in [1.29, 1.82) is 0 Å². The van der Waals surface area contributed by atoms with Crippen LogP contribution in [0.1, 0.15) is 30.2 Å². The molecule has 3 fully saturated rings. The van der Waals surface area contributed by atoms with Crippen LogP contribution in [-0.4, -0.2) is 22.2 Å². The van der Waals surface area contributed by atoms with Crippen LogP contribution in [0.3, 0.4) is 0 Å². The molecule has 1 aromatic heterocycles. The summed E-state index contributed by atoms with van der Waals surface area (Å²) >= 11 is 0. The van der Waals surface area contributed by atoms with Crippen molar-refractivity contribution < 1.29 is 14.1 Å². The predicted octanol–water partition coefficient (Wildman–Crippen LogP) is 2.71. The van der Waals surface area contributed by atoms with E-state index in [9.17, 15) is 4.79 Å². The van der Waals surface area contributed by atoms with E-state index in [0.29, 0.717) is 23.6 Å². The molecule has 5 rings (SSSR count). The van der Waals surface area contributed by atoms with Crippen LogP contribution in [0.5, 0.6) is 0 Å². The number of aryl methyl sites for hydroxylation is 1. The van der Waals surface area contributed by atoms with Crippen molar-refractivity contribution >= 4 is 5.97 Å². The van der Waals surface area contributed by atoms with E-state index in [-0.39, 0.29) is 23.9 Å². The molecule has 0 N–H and O–H groups in total. The van der Waals surface area contributed by atoms with Crippen LogP contribution in [0.2, 0.25) is 0 Å². The maximum absolute atomic E-state index is 12.1. The smallest absolute Gasteiger partial charge is 0.310 e. The van der Waals surface area contributed by atoms with Crippen LogP contribution >= 0.6 is 0 Å². The molecule has 0 amide bonds. The normalized spacial score (nSPS) is 35.1. The highest BCUT2D eigenvalue weighted by atomic mass is 16.6. The fourth-order valence-corrected chi connectivity index (χ4v) is 4.53. The summed E-state index contributed by atoms with van der Waals surface area (Å²) in [5, 5.41) is 4.11. The first-order chi connectivity index (χ1) is 10.7. The molecule has 1 aromatic carbocycles. The Morgan fingerprint density at radius 1 is 1.14 bits per heavy atom. The number of aromatic nitrogens is 2. The van der Waals surface area contributed by atoms with Gasteiger partial charge in [0.2, 0.25) is 11.7 Å². The van der Waals surface area contributed by atoms with Gasteiger partial charge in [-0.15, -0.1) is 0 Å². The van der Waals surface area contributed by atoms with E-state index in [0.717, 1.165) is 18.4 Å². The second kappa shape index (κ2) is 4.18. The first-order valence-corrected chi connectivity index (χ1v) is 7.82. The van der Waals surface area contributed by atoms with Gasteiger partial charge in [-0.3, -0.25) is 4.79 Å². The summed E-state index contributed by atoms with van der Waals surface area (Å²) in [7, 11) is 0. The van der Waals surface area contributed by atoms with Crippen LogP contribution in [0, 0.1) is 24.7 Å². The summed E-state index contributed by atoms with van der Waals surface area (Å²) in [6.07, 6.45) is 2.13. The Bertz CT molecular complexity index is 750. The third-order valence-corrected chi connectivity index (χ3v) is 5.52. The summed E-state index contributed by atoms with van der Waals surface area (Å²) in [6.45, 7) is 2.04. The lowest BCUT2D eigenvalue weighted by molar-refractivity contribution is -0.143. The minimum Gasteiger partial charge on any atom is -0.462 e. The van der Waals surface area contributed by atoms with Crippen LogP contribution in [0.25, 0.3) is 11.4 Å². The lowest BCUT2D eigenvalue weighted by atomic mass is 9.80. The van der Waals surface area contributed by atoms with Gasteiger partial charge in [0, 0.05) is 11.5 Å². The average molecular weight is 296 g/mol. The van der Waals surface area contributed by atoms with Gasteiger partial charge in [-0.2, -0.15) is 4.98 Å². The van der Waals surface area contributed by atoms with Crippen LogP contribution < -0.4 is 0 Å². The second-order valence-electron chi connectivity index (χ2n) is 6.74. The number of hydrogen-bond donors (Lipinski definition) is 0. The third-order valence-electron chi connectivity index (χ3n) is 5.52. The van der Waals surface area contributed by atoms with E-state index in [2.05, 4.69) is 10.1 Å². The first-order valence-electron chi connectivity index (χ1n) is 7.82. The van der Waals surface area contributed by atoms with Crippen molar-refractivity contribution in [3.63, 3.8) is 0 Å². The Balaban J connectivity index is 1.50.